The zero-order valence-electron chi connectivity index (χ0n) is 14.4. The molecule has 1 aliphatic rings. The number of carbonyl (C=O) groups is 1. The zero-order valence-corrected chi connectivity index (χ0v) is 16.0. The lowest BCUT2D eigenvalue weighted by Gasteiger charge is -2.11. The van der Waals surface area contributed by atoms with Gasteiger partial charge in [0.2, 0.25) is 0 Å². The van der Waals surface area contributed by atoms with Crippen molar-refractivity contribution in [2.75, 3.05) is 16.8 Å². The van der Waals surface area contributed by atoms with Crippen LogP contribution >= 0.6 is 11.3 Å². The molecule has 1 saturated heterocycles. The molecule has 1 atom stereocenters. The van der Waals surface area contributed by atoms with E-state index < -0.39 is 9.84 Å². The van der Waals surface area contributed by atoms with Crippen molar-refractivity contribution >= 4 is 42.4 Å². The van der Waals surface area contributed by atoms with Crippen LogP contribution in [0.2, 0.25) is 0 Å². The number of benzene rings is 1. The molecule has 1 aromatic carbocycles. The van der Waals surface area contributed by atoms with Gasteiger partial charge in [-0.25, -0.2) is 13.4 Å². The molecule has 0 bridgehead atoms. The summed E-state index contributed by atoms with van der Waals surface area (Å²) < 4.78 is 26.2. The second-order valence-corrected chi connectivity index (χ2v) is 9.75. The molecule has 136 valence electrons. The predicted octanol–water partition coefficient (Wildman–Crippen LogP) is 2.72. The lowest BCUT2D eigenvalue weighted by molar-refractivity contribution is 0.102. The highest BCUT2D eigenvalue weighted by molar-refractivity contribution is 7.91. The number of aryl methyl sites for hydroxylation is 1. The molecule has 0 spiro atoms. The van der Waals surface area contributed by atoms with Crippen molar-refractivity contribution in [2.24, 2.45) is 0 Å². The molecule has 1 amide bonds. The van der Waals surface area contributed by atoms with Crippen molar-refractivity contribution in [3.8, 4) is 0 Å². The van der Waals surface area contributed by atoms with Crippen LogP contribution in [-0.2, 0) is 9.84 Å². The Morgan fingerprint density at radius 2 is 2.08 bits per heavy atom. The van der Waals surface area contributed by atoms with Crippen molar-refractivity contribution in [3.05, 3.63) is 41.2 Å². The Labute approximate surface area is 155 Å². The van der Waals surface area contributed by atoms with Crippen LogP contribution < -0.4 is 5.32 Å². The maximum atomic E-state index is 12.8. The maximum Gasteiger partial charge on any atom is 0.261 e. The summed E-state index contributed by atoms with van der Waals surface area (Å²) in [4.78, 5) is 17.2. The van der Waals surface area contributed by atoms with E-state index in [-0.39, 0.29) is 23.5 Å². The van der Waals surface area contributed by atoms with Gasteiger partial charge in [-0.2, -0.15) is 5.10 Å². The molecule has 0 radical (unpaired) electrons. The summed E-state index contributed by atoms with van der Waals surface area (Å²) in [6.07, 6.45) is 0.531. The van der Waals surface area contributed by atoms with E-state index >= 15 is 0 Å². The Morgan fingerprint density at radius 3 is 2.77 bits per heavy atom. The average Bonchev–Trinajstić information content (AvgIpc) is 3.22. The Bertz CT molecular complexity index is 1080. The van der Waals surface area contributed by atoms with Gasteiger partial charge in [0.25, 0.3) is 5.91 Å². The van der Waals surface area contributed by atoms with Crippen molar-refractivity contribution in [1.29, 1.82) is 0 Å². The number of anilines is 1. The van der Waals surface area contributed by atoms with Crippen LogP contribution in [0.3, 0.4) is 0 Å². The minimum atomic E-state index is -3.02. The average molecular weight is 390 g/mol. The van der Waals surface area contributed by atoms with E-state index in [1.807, 2.05) is 24.3 Å². The molecular formula is C17H18N4O3S2. The van der Waals surface area contributed by atoms with E-state index in [0.717, 1.165) is 10.2 Å². The van der Waals surface area contributed by atoms with Crippen molar-refractivity contribution < 1.29 is 13.2 Å². The fourth-order valence-electron chi connectivity index (χ4n) is 3.40. The number of nitrogens with zero attached hydrogens (tertiary/aromatic N) is 3. The lowest BCUT2D eigenvalue weighted by Crippen LogP contribution is -2.16. The standard InChI is InChI=1S/C17H18N4O3S2/c1-10-15(11(2)21(20-10)12-7-8-26(23,24)9-12)16(22)19-17-18-13-5-3-4-6-14(13)25-17/h3-6,12H,7-9H2,1-2H3,(H,18,19,22). The van der Waals surface area contributed by atoms with Gasteiger partial charge in [0.1, 0.15) is 0 Å². The molecule has 1 N–H and O–H groups in total. The van der Waals surface area contributed by atoms with Gasteiger partial charge in [0, 0.05) is 5.69 Å². The number of carbonyl (C=O) groups excluding carboxylic acids is 1. The Balaban J connectivity index is 1.62. The van der Waals surface area contributed by atoms with Gasteiger partial charge in [-0.15, -0.1) is 0 Å². The molecule has 3 aromatic rings. The number of amides is 1. The van der Waals surface area contributed by atoms with E-state index in [2.05, 4.69) is 15.4 Å². The normalized spacial score (nSPS) is 19.1. The van der Waals surface area contributed by atoms with Crippen LogP contribution in [0.5, 0.6) is 0 Å². The number of rotatable bonds is 3. The van der Waals surface area contributed by atoms with Crippen LogP contribution in [-0.4, -0.2) is 40.6 Å². The highest BCUT2D eigenvalue weighted by Crippen LogP contribution is 2.29. The van der Waals surface area contributed by atoms with E-state index in [4.69, 9.17) is 0 Å². The molecule has 0 aliphatic carbocycles. The van der Waals surface area contributed by atoms with Crippen LogP contribution in [0.1, 0.15) is 34.2 Å². The highest BCUT2D eigenvalue weighted by Gasteiger charge is 2.32. The van der Waals surface area contributed by atoms with Crippen LogP contribution in [0.25, 0.3) is 10.2 Å². The van der Waals surface area contributed by atoms with Gasteiger partial charge in [-0.3, -0.25) is 14.8 Å². The van der Waals surface area contributed by atoms with Gasteiger partial charge in [0.05, 0.1) is 39.0 Å². The van der Waals surface area contributed by atoms with E-state index in [1.54, 1.807) is 18.5 Å². The summed E-state index contributed by atoms with van der Waals surface area (Å²) in [7, 11) is -3.02. The second-order valence-electron chi connectivity index (χ2n) is 6.49. The van der Waals surface area contributed by atoms with Crippen LogP contribution in [0, 0.1) is 13.8 Å². The number of sulfone groups is 1. The largest absolute Gasteiger partial charge is 0.298 e. The van der Waals surface area contributed by atoms with E-state index in [0.29, 0.717) is 28.5 Å². The highest BCUT2D eigenvalue weighted by atomic mass is 32.2. The number of hydrogen-bond acceptors (Lipinski definition) is 6. The predicted molar refractivity (Wildman–Crippen MR) is 102 cm³/mol. The Hall–Kier alpha value is -2.26. The number of thiazole rings is 1. The molecule has 9 heteroatoms. The molecule has 4 rings (SSSR count). The molecular weight excluding hydrogens is 372 g/mol. The molecule has 2 aromatic heterocycles. The zero-order chi connectivity index (χ0) is 18.5. The first-order chi connectivity index (χ1) is 12.3. The summed E-state index contributed by atoms with van der Waals surface area (Å²) in [6.45, 7) is 3.57. The third-order valence-electron chi connectivity index (χ3n) is 4.62. The number of fused-ring (bicyclic) bond motifs is 1. The topological polar surface area (TPSA) is 94.0 Å². The maximum absolute atomic E-state index is 12.8. The SMILES string of the molecule is Cc1nn(C2CCS(=O)(=O)C2)c(C)c1C(=O)Nc1nc2ccccc2s1. The van der Waals surface area contributed by atoms with Gasteiger partial charge >= 0.3 is 0 Å². The van der Waals surface area contributed by atoms with Crippen molar-refractivity contribution in [2.45, 2.75) is 26.3 Å². The third kappa shape index (κ3) is 3.01. The molecule has 1 unspecified atom stereocenters. The van der Waals surface area contributed by atoms with Gasteiger partial charge in [0.15, 0.2) is 15.0 Å². The van der Waals surface area contributed by atoms with Gasteiger partial charge < -0.3 is 0 Å². The summed E-state index contributed by atoms with van der Waals surface area (Å²) in [5.74, 6) is -0.0249. The first-order valence-corrected chi connectivity index (χ1v) is 10.9. The molecule has 1 fully saturated rings. The van der Waals surface area contributed by atoms with Crippen molar-refractivity contribution in [1.82, 2.24) is 14.8 Å². The molecule has 1 aliphatic heterocycles. The summed E-state index contributed by atoms with van der Waals surface area (Å²) >= 11 is 1.41. The number of aromatic nitrogens is 3. The smallest absolute Gasteiger partial charge is 0.261 e. The van der Waals surface area contributed by atoms with E-state index in [1.165, 1.54) is 11.3 Å². The quantitative estimate of drug-likeness (QED) is 0.742. The van der Waals surface area contributed by atoms with Crippen LogP contribution in [0.4, 0.5) is 5.13 Å². The minimum absolute atomic E-state index is 0.0773. The summed E-state index contributed by atoms with van der Waals surface area (Å²) in [6, 6.07) is 7.48. The first kappa shape index (κ1) is 17.2. The van der Waals surface area contributed by atoms with E-state index in [9.17, 15) is 13.2 Å². The lowest BCUT2D eigenvalue weighted by atomic mass is 10.1. The Morgan fingerprint density at radius 1 is 1.31 bits per heavy atom. The van der Waals surface area contributed by atoms with Gasteiger partial charge in [-0.05, 0) is 32.4 Å². The molecule has 26 heavy (non-hydrogen) atoms. The number of hydrogen-bond donors (Lipinski definition) is 1. The summed E-state index contributed by atoms with van der Waals surface area (Å²) in [5.41, 5.74) is 2.59. The minimum Gasteiger partial charge on any atom is -0.298 e. The molecule has 0 saturated carbocycles. The molecule has 7 nitrogen and oxygen atoms in total. The monoisotopic (exact) mass is 390 g/mol. The van der Waals surface area contributed by atoms with Gasteiger partial charge in [-0.1, -0.05) is 23.5 Å². The fourth-order valence-corrected chi connectivity index (χ4v) is 5.95. The Kier molecular flexibility index (Phi) is 4.07. The van der Waals surface area contributed by atoms with Crippen LogP contribution in [0.15, 0.2) is 24.3 Å². The third-order valence-corrected chi connectivity index (χ3v) is 7.32. The number of nitrogens with one attached hydrogen (secondary N) is 1. The first-order valence-electron chi connectivity index (χ1n) is 8.27. The summed E-state index contributed by atoms with van der Waals surface area (Å²) in [5, 5.41) is 7.82. The second kappa shape index (κ2) is 6.17. The van der Waals surface area contributed by atoms with Crippen molar-refractivity contribution in [3.63, 3.8) is 0 Å². The number of para-hydroxylation sites is 1. The molecule has 3 heterocycles. The fraction of sp³-hybridized carbons (Fsp3) is 0.353.